The van der Waals surface area contributed by atoms with Crippen molar-refractivity contribution in [1.29, 1.82) is 0 Å². The lowest BCUT2D eigenvalue weighted by atomic mass is 10.1. The van der Waals surface area contributed by atoms with Crippen LogP contribution in [0, 0.1) is 6.92 Å². The fourth-order valence-electron chi connectivity index (χ4n) is 3.23. The number of halogens is 1. The molecule has 2 aromatic carbocycles. The minimum Gasteiger partial charge on any atom is -0.340 e. The quantitative estimate of drug-likeness (QED) is 0.277. The first-order chi connectivity index (χ1) is 16.5. The van der Waals surface area contributed by atoms with Gasteiger partial charge in [-0.3, -0.25) is 5.10 Å². The zero-order valence-corrected chi connectivity index (χ0v) is 21.2. The lowest BCUT2D eigenvalue weighted by molar-refractivity contribution is 0.491. The van der Waals surface area contributed by atoms with Gasteiger partial charge in [0.25, 0.3) is 0 Å². The van der Waals surface area contributed by atoms with Crippen LogP contribution in [0.2, 0.25) is 5.02 Å². The molecule has 0 saturated heterocycles. The monoisotopic (exact) mass is 512 g/mol. The summed E-state index contributed by atoms with van der Waals surface area (Å²) < 4.78 is 28.3. The van der Waals surface area contributed by atoms with Gasteiger partial charge in [0.05, 0.1) is 5.02 Å². The van der Waals surface area contributed by atoms with Gasteiger partial charge >= 0.3 is 0 Å². The first kappa shape index (κ1) is 24.6. The number of aromatic amines is 1. The van der Waals surface area contributed by atoms with Gasteiger partial charge in [-0.05, 0) is 58.0 Å². The van der Waals surface area contributed by atoms with Crippen molar-refractivity contribution in [3.8, 4) is 11.4 Å². The molecule has 0 aliphatic rings. The zero-order chi connectivity index (χ0) is 25.2. The normalized spacial score (nSPS) is 11.9. The van der Waals surface area contributed by atoms with Crippen LogP contribution in [0.5, 0.6) is 0 Å². The summed E-state index contributed by atoms with van der Waals surface area (Å²) in [7, 11) is -3.82. The molecule has 0 spiro atoms. The summed E-state index contributed by atoms with van der Waals surface area (Å²) in [5.74, 6) is 1.53. The predicted octanol–water partition coefficient (Wildman–Crippen LogP) is 4.79. The maximum atomic E-state index is 12.8. The van der Waals surface area contributed by atoms with Crippen LogP contribution in [0.1, 0.15) is 26.3 Å². The summed E-state index contributed by atoms with van der Waals surface area (Å²) in [5, 5.41) is 13.2. The minimum atomic E-state index is -3.82. The highest BCUT2D eigenvalue weighted by Gasteiger charge is 2.24. The second kappa shape index (κ2) is 9.61. The highest BCUT2D eigenvalue weighted by atomic mass is 35.5. The molecule has 0 saturated carbocycles. The van der Waals surface area contributed by atoms with Crippen molar-refractivity contribution >= 4 is 44.8 Å². The van der Waals surface area contributed by atoms with Crippen LogP contribution >= 0.6 is 11.6 Å². The van der Waals surface area contributed by atoms with E-state index in [0.29, 0.717) is 23.3 Å². The van der Waals surface area contributed by atoms with E-state index < -0.39 is 15.6 Å². The Labute approximate surface area is 208 Å². The number of nitrogens with one attached hydrogen (secondary N) is 4. The predicted molar refractivity (Wildman–Crippen MR) is 137 cm³/mol. The molecule has 4 aromatic rings. The first-order valence-electron chi connectivity index (χ1n) is 10.7. The van der Waals surface area contributed by atoms with Crippen molar-refractivity contribution in [2.24, 2.45) is 0 Å². The average Bonchev–Trinajstić information content (AvgIpc) is 3.31. The minimum absolute atomic E-state index is 0.0200. The fraction of sp³-hybridized carbons (Fsp3) is 0.217. The Bertz CT molecular complexity index is 1450. The van der Waals surface area contributed by atoms with Crippen molar-refractivity contribution < 1.29 is 8.42 Å². The third kappa shape index (κ3) is 6.13. The Morgan fingerprint density at radius 3 is 2.49 bits per heavy atom. The van der Waals surface area contributed by atoms with E-state index in [9.17, 15) is 8.42 Å². The first-order valence-corrected chi connectivity index (χ1v) is 12.5. The molecule has 0 fully saturated rings. The summed E-state index contributed by atoms with van der Waals surface area (Å²) in [4.78, 5) is 13.1. The topological polar surface area (TPSA) is 138 Å². The van der Waals surface area contributed by atoms with Crippen molar-refractivity contribution in [3.05, 3.63) is 65.6 Å². The Morgan fingerprint density at radius 2 is 1.77 bits per heavy atom. The van der Waals surface area contributed by atoms with E-state index in [2.05, 4.69) is 40.5 Å². The number of sulfonamides is 1. The molecule has 0 radical (unpaired) electrons. The van der Waals surface area contributed by atoms with Crippen LogP contribution in [0.25, 0.3) is 11.4 Å². The number of hydrogen-bond acceptors (Lipinski definition) is 8. The number of hydrogen-bond donors (Lipinski definition) is 4. The molecule has 4 N–H and O–H groups in total. The van der Waals surface area contributed by atoms with E-state index in [-0.39, 0.29) is 9.92 Å². The Hall–Kier alpha value is -3.54. The standard InChI is InChI=1S/C23H25ClN8O2S/c1-14-12-25-22(29-16-7-5-6-15(10-16)21-26-13-27-31-21)30-20(14)28-17-8-9-18(24)19(11-17)35(33,34)32-23(2,3)4/h5-13,32H,1-4H3,(H,26,27,31)(H2,25,28,29,30). The number of benzene rings is 2. The fourth-order valence-corrected chi connectivity index (χ4v) is 5.17. The molecule has 2 heterocycles. The second-order valence-electron chi connectivity index (χ2n) is 8.89. The highest BCUT2D eigenvalue weighted by molar-refractivity contribution is 7.89. The maximum Gasteiger partial charge on any atom is 0.242 e. The van der Waals surface area contributed by atoms with Gasteiger partial charge < -0.3 is 10.6 Å². The molecular formula is C23H25ClN8O2S. The van der Waals surface area contributed by atoms with Gasteiger partial charge in [0, 0.05) is 34.2 Å². The summed E-state index contributed by atoms with van der Waals surface area (Å²) >= 11 is 6.22. The van der Waals surface area contributed by atoms with E-state index in [0.717, 1.165) is 16.8 Å². The third-order valence-electron chi connectivity index (χ3n) is 4.70. The molecule has 35 heavy (non-hydrogen) atoms. The van der Waals surface area contributed by atoms with Crippen molar-refractivity contribution in [3.63, 3.8) is 0 Å². The number of nitrogens with zero attached hydrogens (tertiary/aromatic N) is 4. The third-order valence-corrected chi connectivity index (χ3v) is 6.94. The number of H-pyrrole nitrogens is 1. The summed E-state index contributed by atoms with van der Waals surface area (Å²) in [6.07, 6.45) is 3.12. The van der Waals surface area contributed by atoms with E-state index in [1.807, 2.05) is 31.2 Å². The molecule has 0 bridgehead atoms. The molecular weight excluding hydrogens is 488 g/mol. The molecule has 2 aromatic heterocycles. The van der Waals surface area contributed by atoms with Gasteiger partial charge in [-0.2, -0.15) is 10.1 Å². The largest absolute Gasteiger partial charge is 0.340 e. The van der Waals surface area contributed by atoms with Crippen molar-refractivity contribution in [2.75, 3.05) is 10.6 Å². The van der Waals surface area contributed by atoms with Crippen LogP contribution in [-0.2, 0) is 10.0 Å². The smallest absolute Gasteiger partial charge is 0.242 e. The number of anilines is 4. The highest BCUT2D eigenvalue weighted by Crippen LogP contribution is 2.29. The Balaban J connectivity index is 1.58. The van der Waals surface area contributed by atoms with Gasteiger partial charge in [-0.15, -0.1) is 0 Å². The van der Waals surface area contributed by atoms with Gasteiger partial charge in [-0.1, -0.05) is 23.7 Å². The van der Waals surface area contributed by atoms with Crippen molar-refractivity contribution in [2.45, 2.75) is 38.1 Å². The summed E-state index contributed by atoms with van der Waals surface area (Å²) in [6, 6.07) is 12.3. The lowest BCUT2D eigenvalue weighted by Crippen LogP contribution is -2.40. The van der Waals surface area contributed by atoms with Gasteiger partial charge in [0.1, 0.15) is 17.0 Å². The lowest BCUT2D eigenvalue weighted by Gasteiger charge is -2.21. The van der Waals surface area contributed by atoms with E-state index >= 15 is 0 Å². The Kier molecular flexibility index (Phi) is 6.75. The number of aryl methyl sites for hydroxylation is 1. The van der Waals surface area contributed by atoms with Crippen molar-refractivity contribution in [1.82, 2.24) is 29.9 Å². The molecule has 0 aliphatic heterocycles. The van der Waals surface area contributed by atoms with Crippen LogP contribution in [0.4, 0.5) is 23.1 Å². The summed E-state index contributed by atoms with van der Waals surface area (Å²) in [6.45, 7) is 7.15. The molecule has 4 rings (SSSR count). The SMILES string of the molecule is Cc1cnc(Nc2cccc(-c3ncn[nH]3)c2)nc1Nc1ccc(Cl)c(S(=O)(=O)NC(C)(C)C)c1. The molecule has 12 heteroatoms. The number of rotatable bonds is 7. The van der Waals surface area contributed by atoms with Gasteiger partial charge in [0.15, 0.2) is 5.82 Å². The molecule has 10 nitrogen and oxygen atoms in total. The molecule has 182 valence electrons. The van der Waals surface area contributed by atoms with E-state index in [4.69, 9.17) is 11.6 Å². The molecule has 0 amide bonds. The average molecular weight is 513 g/mol. The van der Waals surface area contributed by atoms with E-state index in [1.165, 1.54) is 18.5 Å². The Morgan fingerprint density at radius 1 is 1.00 bits per heavy atom. The van der Waals surface area contributed by atoms with Gasteiger partial charge in [-0.25, -0.2) is 23.1 Å². The van der Waals surface area contributed by atoms with E-state index in [1.54, 1.807) is 33.0 Å². The van der Waals surface area contributed by atoms with Crippen LogP contribution in [0.15, 0.2) is 59.9 Å². The summed E-state index contributed by atoms with van der Waals surface area (Å²) in [5.41, 5.74) is 2.26. The molecule has 0 atom stereocenters. The molecule has 0 unspecified atom stereocenters. The second-order valence-corrected chi connectivity index (χ2v) is 10.9. The maximum absolute atomic E-state index is 12.8. The van der Waals surface area contributed by atoms with Gasteiger partial charge in [0.2, 0.25) is 16.0 Å². The number of aromatic nitrogens is 5. The van der Waals surface area contributed by atoms with Crippen LogP contribution in [0.3, 0.4) is 0 Å². The zero-order valence-electron chi connectivity index (χ0n) is 19.6. The van der Waals surface area contributed by atoms with Crippen LogP contribution in [-0.4, -0.2) is 39.1 Å². The van der Waals surface area contributed by atoms with Crippen LogP contribution < -0.4 is 15.4 Å². The molecule has 0 aliphatic carbocycles.